The summed E-state index contributed by atoms with van der Waals surface area (Å²) in [6, 6.07) is 0. The molecule has 0 saturated heterocycles. The van der Waals surface area contributed by atoms with Crippen LogP contribution in [0.2, 0.25) is 0 Å². The fourth-order valence-corrected chi connectivity index (χ4v) is 3.00. The largest absolute Gasteiger partial charge is 0.467 e. The number of hydrogen-bond acceptors (Lipinski definition) is 4. The number of methoxy groups -OCH3 is 2. The maximum absolute atomic E-state index is 11.7. The van der Waals surface area contributed by atoms with Crippen LogP contribution in [-0.2, 0) is 19.1 Å². The molecule has 0 aliphatic heterocycles. The second-order valence-electron chi connectivity index (χ2n) is 5.08. The van der Waals surface area contributed by atoms with Crippen molar-refractivity contribution < 1.29 is 19.1 Å². The Morgan fingerprint density at radius 3 is 2.06 bits per heavy atom. The van der Waals surface area contributed by atoms with E-state index in [-0.39, 0.29) is 11.4 Å². The lowest BCUT2D eigenvalue weighted by atomic mass is 9.57. The van der Waals surface area contributed by atoms with E-state index in [2.05, 4.69) is 0 Å². The van der Waals surface area contributed by atoms with Gasteiger partial charge in [-0.1, -0.05) is 0 Å². The first-order chi connectivity index (χ1) is 7.56. The van der Waals surface area contributed by atoms with E-state index >= 15 is 0 Å². The molecule has 0 heterocycles. The molecule has 4 heteroatoms. The van der Waals surface area contributed by atoms with Crippen molar-refractivity contribution in [1.29, 1.82) is 0 Å². The highest BCUT2D eigenvalue weighted by Gasteiger charge is 2.52. The van der Waals surface area contributed by atoms with Gasteiger partial charge in [0, 0.05) is 20.0 Å². The molecule has 0 bridgehead atoms. The molecule has 2 aliphatic carbocycles. The first-order valence-corrected chi connectivity index (χ1v) is 5.71. The molecule has 0 unspecified atom stereocenters. The predicted octanol–water partition coefficient (Wildman–Crippen LogP) is 1.47. The fourth-order valence-electron chi connectivity index (χ4n) is 3.00. The summed E-state index contributed by atoms with van der Waals surface area (Å²) in [4.78, 5) is 22.8. The van der Waals surface area contributed by atoms with Crippen LogP contribution in [0.3, 0.4) is 0 Å². The number of rotatable bonds is 2. The zero-order chi connectivity index (χ0) is 11.8. The Labute approximate surface area is 95.3 Å². The summed E-state index contributed by atoms with van der Waals surface area (Å²) in [5.41, 5.74) is -0.591. The standard InChI is InChI=1S/C12H18O4/c1-15-10(14)12(16-2)5-3-11(4-6-12)7-9(13)8-11/h3-8H2,1-2H3. The maximum atomic E-state index is 11.7. The second-order valence-corrected chi connectivity index (χ2v) is 5.08. The topological polar surface area (TPSA) is 52.6 Å². The van der Waals surface area contributed by atoms with Crippen molar-refractivity contribution in [3.05, 3.63) is 0 Å². The Hall–Kier alpha value is -0.900. The number of carbonyl (C=O) groups excluding carboxylic acids is 2. The highest BCUT2D eigenvalue weighted by molar-refractivity contribution is 5.86. The van der Waals surface area contributed by atoms with Crippen molar-refractivity contribution in [2.45, 2.75) is 44.1 Å². The van der Waals surface area contributed by atoms with Gasteiger partial charge in [0.1, 0.15) is 5.78 Å². The zero-order valence-electron chi connectivity index (χ0n) is 9.88. The average Bonchev–Trinajstić information content (AvgIpc) is 2.28. The van der Waals surface area contributed by atoms with Gasteiger partial charge in [-0.25, -0.2) is 4.79 Å². The molecule has 0 amide bonds. The first kappa shape index (κ1) is 11.6. The zero-order valence-corrected chi connectivity index (χ0v) is 9.88. The predicted molar refractivity (Wildman–Crippen MR) is 56.9 cm³/mol. The van der Waals surface area contributed by atoms with Crippen LogP contribution in [-0.4, -0.2) is 31.6 Å². The number of Topliss-reactive ketones (excluding diaryl/α,β-unsaturated/α-hetero) is 1. The number of hydrogen-bond donors (Lipinski definition) is 0. The normalized spacial score (nSPS) is 26.2. The van der Waals surface area contributed by atoms with E-state index in [1.54, 1.807) is 7.11 Å². The smallest absolute Gasteiger partial charge is 0.338 e. The summed E-state index contributed by atoms with van der Waals surface area (Å²) in [7, 11) is 2.95. The fraction of sp³-hybridized carbons (Fsp3) is 0.833. The van der Waals surface area contributed by atoms with Crippen LogP contribution in [0.25, 0.3) is 0 Å². The molecule has 1 spiro atoms. The lowest BCUT2D eigenvalue weighted by molar-refractivity contribution is -0.176. The molecule has 0 radical (unpaired) electrons. The number of esters is 1. The second kappa shape index (κ2) is 3.84. The molecule has 4 nitrogen and oxygen atoms in total. The molecule has 0 atom stereocenters. The van der Waals surface area contributed by atoms with Crippen molar-refractivity contribution in [3.8, 4) is 0 Å². The summed E-state index contributed by atoms with van der Waals surface area (Å²) >= 11 is 0. The van der Waals surface area contributed by atoms with E-state index in [0.717, 1.165) is 12.8 Å². The van der Waals surface area contributed by atoms with Gasteiger partial charge in [0.2, 0.25) is 0 Å². The van der Waals surface area contributed by atoms with Crippen LogP contribution in [0.1, 0.15) is 38.5 Å². The van der Waals surface area contributed by atoms with Crippen LogP contribution in [0.4, 0.5) is 0 Å². The van der Waals surface area contributed by atoms with Gasteiger partial charge >= 0.3 is 5.97 Å². The molecule has 16 heavy (non-hydrogen) atoms. The minimum Gasteiger partial charge on any atom is -0.467 e. The molecular formula is C12H18O4. The van der Waals surface area contributed by atoms with Crippen LogP contribution in [0, 0.1) is 5.41 Å². The molecular weight excluding hydrogens is 208 g/mol. The van der Waals surface area contributed by atoms with Gasteiger partial charge in [-0.3, -0.25) is 4.79 Å². The molecule has 2 saturated carbocycles. The Balaban J connectivity index is 2.02. The van der Waals surface area contributed by atoms with E-state index in [4.69, 9.17) is 9.47 Å². The van der Waals surface area contributed by atoms with Crippen molar-refractivity contribution in [2.75, 3.05) is 14.2 Å². The summed E-state index contributed by atoms with van der Waals surface area (Å²) in [6.07, 6.45) is 4.50. The van der Waals surface area contributed by atoms with E-state index in [0.29, 0.717) is 31.5 Å². The third kappa shape index (κ3) is 1.65. The molecule has 2 rings (SSSR count). The van der Waals surface area contributed by atoms with Crippen LogP contribution in [0.5, 0.6) is 0 Å². The summed E-state index contributed by atoms with van der Waals surface area (Å²) < 4.78 is 10.2. The Kier molecular flexibility index (Phi) is 2.78. The van der Waals surface area contributed by atoms with Gasteiger partial charge in [0.25, 0.3) is 0 Å². The minimum absolute atomic E-state index is 0.174. The third-order valence-corrected chi connectivity index (χ3v) is 4.21. The molecule has 0 N–H and O–H groups in total. The van der Waals surface area contributed by atoms with Gasteiger partial charge in [0.05, 0.1) is 7.11 Å². The Morgan fingerprint density at radius 2 is 1.69 bits per heavy atom. The Bertz CT molecular complexity index is 303. The van der Waals surface area contributed by atoms with Gasteiger partial charge < -0.3 is 9.47 Å². The van der Waals surface area contributed by atoms with E-state index < -0.39 is 5.60 Å². The number of ether oxygens (including phenoxy) is 2. The average molecular weight is 226 g/mol. The number of carbonyl (C=O) groups is 2. The van der Waals surface area contributed by atoms with Crippen molar-refractivity contribution in [1.82, 2.24) is 0 Å². The molecule has 2 aliphatic rings. The van der Waals surface area contributed by atoms with Gasteiger partial charge in [0.15, 0.2) is 5.60 Å². The molecule has 0 aromatic rings. The highest BCUT2D eigenvalue weighted by Crippen LogP contribution is 2.52. The summed E-state index contributed by atoms with van der Waals surface area (Å²) in [6.45, 7) is 0. The van der Waals surface area contributed by atoms with Crippen LogP contribution in [0.15, 0.2) is 0 Å². The monoisotopic (exact) mass is 226 g/mol. The van der Waals surface area contributed by atoms with E-state index in [1.807, 2.05) is 0 Å². The summed E-state index contributed by atoms with van der Waals surface area (Å²) in [5.74, 6) is 0.0680. The Morgan fingerprint density at radius 1 is 1.12 bits per heavy atom. The van der Waals surface area contributed by atoms with E-state index in [1.165, 1.54) is 7.11 Å². The molecule has 2 fully saturated rings. The first-order valence-electron chi connectivity index (χ1n) is 5.71. The van der Waals surface area contributed by atoms with Crippen LogP contribution < -0.4 is 0 Å². The van der Waals surface area contributed by atoms with Crippen molar-refractivity contribution >= 4 is 11.8 Å². The third-order valence-electron chi connectivity index (χ3n) is 4.21. The number of ketones is 1. The maximum Gasteiger partial charge on any atom is 0.338 e. The lowest BCUT2D eigenvalue weighted by Gasteiger charge is -2.48. The van der Waals surface area contributed by atoms with Gasteiger partial charge in [-0.05, 0) is 31.1 Å². The van der Waals surface area contributed by atoms with Crippen molar-refractivity contribution in [2.24, 2.45) is 5.41 Å². The van der Waals surface area contributed by atoms with Crippen molar-refractivity contribution in [3.63, 3.8) is 0 Å². The molecule has 0 aromatic heterocycles. The molecule has 90 valence electrons. The van der Waals surface area contributed by atoms with Crippen LogP contribution >= 0.6 is 0 Å². The summed E-state index contributed by atoms with van der Waals surface area (Å²) in [5, 5.41) is 0. The quantitative estimate of drug-likeness (QED) is 0.669. The highest BCUT2D eigenvalue weighted by atomic mass is 16.6. The lowest BCUT2D eigenvalue weighted by Crippen LogP contribution is -2.50. The van der Waals surface area contributed by atoms with Gasteiger partial charge in [-0.15, -0.1) is 0 Å². The van der Waals surface area contributed by atoms with E-state index in [9.17, 15) is 9.59 Å². The minimum atomic E-state index is -0.765. The van der Waals surface area contributed by atoms with Gasteiger partial charge in [-0.2, -0.15) is 0 Å². The molecule has 0 aromatic carbocycles. The SMILES string of the molecule is COC(=O)C1(OC)CCC2(CC1)CC(=O)C2.